The maximum Gasteiger partial charge on any atom is 0.433 e. The highest BCUT2D eigenvalue weighted by molar-refractivity contribution is 6.39. The van der Waals surface area contributed by atoms with Crippen molar-refractivity contribution < 1.29 is 13.2 Å². The molecular formula is C13H11Cl2F3N4O2. The molecule has 11 heteroatoms. The van der Waals surface area contributed by atoms with Crippen LogP contribution in [-0.4, -0.2) is 23.3 Å². The predicted octanol–water partition coefficient (Wildman–Crippen LogP) is 2.10. The number of nitrogens with two attached hydrogens (primary N) is 1. The van der Waals surface area contributed by atoms with Crippen molar-refractivity contribution in [3.8, 4) is 5.69 Å². The molecule has 2 aromatic rings. The molecule has 0 aliphatic carbocycles. The Morgan fingerprint density at radius 1 is 1.08 bits per heavy atom. The lowest BCUT2D eigenvalue weighted by atomic mass is 10.2. The van der Waals surface area contributed by atoms with E-state index in [1.54, 1.807) is 19.0 Å². The molecule has 1 aromatic carbocycles. The van der Waals surface area contributed by atoms with Crippen molar-refractivity contribution in [1.29, 1.82) is 0 Å². The minimum atomic E-state index is -4.95. The quantitative estimate of drug-likeness (QED) is 0.807. The Labute approximate surface area is 143 Å². The Bertz CT molecular complexity index is 896. The highest BCUT2D eigenvalue weighted by atomic mass is 35.5. The fraction of sp³-hybridized carbons (Fsp3) is 0.231. The summed E-state index contributed by atoms with van der Waals surface area (Å²) >= 11 is 12.1. The summed E-state index contributed by atoms with van der Waals surface area (Å²) in [5, 5.41) is 0.217. The van der Waals surface area contributed by atoms with E-state index >= 15 is 0 Å². The largest absolute Gasteiger partial charge is 0.433 e. The minimum absolute atomic E-state index is 0.0986. The fourth-order valence-electron chi connectivity index (χ4n) is 2.12. The summed E-state index contributed by atoms with van der Waals surface area (Å²) in [6.45, 7) is 0. The molecule has 1 aromatic heterocycles. The summed E-state index contributed by atoms with van der Waals surface area (Å²) in [5.41, 5.74) is -3.82. The number of halogens is 5. The molecule has 130 valence electrons. The van der Waals surface area contributed by atoms with Gasteiger partial charge < -0.3 is 10.7 Å². The second-order valence-corrected chi connectivity index (χ2v) is 5.82. The van der Waals surface area contributed by atoms with Gasteiger partial charge in [-0.3, -0.25) is 4.79 Å². The molecule has 1 heterocycles. The van der Waals surface area contributed by atoms with Crippen molar-refractivity contribution >= 4 is 28.9 Å². The minimum Gasteiger partial charge on any atom is -0.375 e. The van der Waals surface area contributed by atoms with Gasteiger partial charge in [-0.15, -0.1) is 0 Å². The van der Waals surface area contributed by atoms with Crippen LogP contribution in [0.4, 0.5) is 18.9 Å². The van der Waals surface area contributed by atoms with Crippen molar-refractivity contribution in [2.45, 2.75) is 6.18 Å². The SMILES string of the molecule is CN(C)c1c(Cl)cc(-n2c(=O)cc(C(F)(F)F)n(N)c2=O)cc1Cl. The highest BCUT2D eigenvalue weighted by Crippen LogP contribution is 2.34. The second-order valence-electron chi connectivity index (χ2n) is 5.01. The fourth-order valence-corrected chi connectivity index (χ4v) is 2.93. The van der Waals surface area contributed by atoms with Crippen LogP contribution in [0.5, 0.6) is 0 Å². The maximum atomic E-state index is 12.8. The van der Waals surface area contributed by atoms with Crippen molar-refractivity contribution in [3.05, 3.63) is 54.8 Å². The number of alkyl halides is 3. The molecule has 0 radical (unpaired) electrons. The molecule has 0 unspecified atom stereocenters. The summed E-state index contributed by atoms with van der Waals surface area (Å²) in [4.78, 5) is 25.7. The monoisotopic (exact) mass is 382 g/mol. The first-order chi connectivity index (χ1) is 10.9. The van der Waals surface area contributed by atoms with Gasteiger partial charge in [0.25, 0.3) is 5.56 Å². The average Bonchev–Trinajstić information content (AvgIpc) is 2.40. The first-order valence-electron chi connectivity index (χ1n) is 6.33. The van der Waals surface area contributed by atoms with E-state index in [0.717, 1.165) is 0 Å². The van der Waals surface area contributed by atoms with Crippen LogP contribution in [0.2, 0.25) is 10.0 Å². The smallest absolute Gasteiger partial charge is 0.375 e. The zero-order chi connectivity index (χ0) is 18.4. The van der Waals surface area contributed by atoms with Crippen LogP contribution < -0.4 is 22.0 Å². The summed E-state index contributed by atoms with van der Waals surface area (Å²) in [6, 6.07) is 2.70. The lowest BCUT2D eigenvalue weighted by Gasteiger charge is -2.18. The molecule has 0 fully saturated rings. The van der Waals surface area contributed by atoms with Crippen molar-refractivity contribution in [2.24, 2.45) is 0 Å². The van der Waals surface area contributed by atoms with E-state index in [2.05, 4.69) is 0 Å². The van der Waals surface area contributed by atoms with Crippen LogP contribution in [0.25, 0.3) is 5.69 Å². The number of anilines is 1. The van der Waals surface area contributed by atoms with Gasteiger partial charge in [0.1, 0.15) is 0 Å². The third kappa shape index (κ3) is 3.09. The van der Waals surface area contributed by atoms with E-state index < -0.39 is 23.1 Å². The number of rotatable bonds is 2. The van der Waals surface area contributed by atoms with Crippen LogP contribution in [0.1, 0.15) is 5.69 Å². The third-order valence-corrected chi connectivity index (χ3v) is 3.71. The number of hydrogen-bond acceptors (Lipinski definition) is 4. The van der Waals surface area contributed by atoms with Gasteiger partial charge in [0.2, 0.25) is 0 Å². The average molecular weight is 383 g/mol. The second kappa shape index (κ2) is 6.06. The Balaban J connectivity index is 2.79. The molecule has 0 aliphatic rings. The predicted molar refractivity (Wildman–Crippen MR) is 85.8 cm³/mol. The number of nitrogen functional groups attached to an aromatic ring is 1. The van der Waals surface area contributed by atoms with Crippen LogP contribution >= 0.6 is 23.2 Å². The molecule has 0 spiro atoms. The lowest BCUT2D eigenvalue weighted by Crippen LogP contribution is -2.45. The van der Waals surface area contributed by atoms with Gasteiger partial charge in [-0.05, 0) is 12.1 Å². The van der Waals surface area contributed by atoms with Gasteiger partial charge in [0.15, 0.2) is 5.69 Å². The van der Waals surface area contributed by atoms with Gasteiger partial charge >= 0.3 is 11.9 Å². The van der Waals surface area contributed by atoms with Crippen molar-refractivity contribution in [1.82, 2.24) is 9.24 Å². The summed E-state index contributed by atoms with van der Waals surface area (Å²) in [5.74, 6) is 5.18. The Hall–Kier alpha value is -2.13. The van der Waals surface area contributed by atoms with E-state index in [4.69, 9.17) is 29.0 Å². The van der Waals surface area contributed by atoms with Gasteiger partial charge in [0.05, 0.1) is 21.4 Å². The van der Waals surface area contributed by atoms with Gasteiger partial charge in [-0.1, -0.05) is 23.2 Å². The van der Waals surface area contributed by atoms with Crippen LogP contribution in [-0.2, 0) is 6.18 Å². The van der Waals surface area contributed by atoms with Crippen LogP contribution in [0.3, 0.4) is 0 Å². The molecule has 0 saturated carbocycles. The molecule has 0 bridgehead atoms. The molecule has 0 aliphatic heterocycles. The molecule has 0 saturated heterocycles. The van der Waals surface area contributed by atoms with Crippen molar-refractivity contribution in [3.63, 3.8) is 0 Å². The van der Waals surface area contributed by atoms with Gasteiger partial charge in [0, 0.05) is 20.2 Å². The van der Waals surface area contributed by atoms with Crippen LogP contribution in [0, 0.1) is 0 Å². The summed E-state index contributed by atoms with van der Waals surface area (Å²) in [6.07, 6.45) is -4.95. The van der Waals surface area contributed by atoms with Crippen LogP contribution in [0.15, 0.2) is 27.8 Å². The zero-order valence-corrected chi connectivity index (χ0v) is 13.9. The zero-order valence-electron chi connectivity index (χ0n) is 12.4. The van der Waals surface area contributed by atoms with E-state index in [-0.39, 0.29) is 26.5 Å². The summed E-state index contributed by atoms with van der Waals surface area (Å²) in [7, 11) is 3.34. The maximum absolute atomic E-state index is 12.8. The Morgan fingerprint density at radius 2 is 1.58 bits per heavy atom. The summed E-state index contributed by atoms with van der Waals surface area (Å²) < 4.78 is 38.6. The molecule has 6 nitrogen and oxygen atoms in total. The molecule has 2 rings (SSSR count). The molecule has 2 N–H and O–H groups in total. The standard InChI is InChI=1S/C13H11Cl2F3N4O2/c1-20(2)11-7(14)3-6(4-8(11)15)21-10(23)5-9(13(16,17)18)22(19)12(21)24/h3-5H,19H2,1-2H3. The van der Waals surface area contributed by atoms with E-state index in [0.29, 0.717) is 10.3 Å². The topological polar surface area (TPSA) is 73.3 Å². The third-order valence-electron chi connectivity index (χ3n) is 3.13. The first kappa shape index (κ1) is 18.2. The van der Waals surface area contributed by atoms with Gasteiger partial charge in [-0.25, -0.2) is 14.0 Å². The van der Waals surface area contributed by atoms with E-state index in [1.807, 2.05) is 0 Å². The Kier molecular flexibility index (Phi) is 4.60. The van der Waals surface area contributed by atoms with Crippen molar-refractivity contribution in [2.75, 3.05) is 24.8 Å². The number of aromatic nitrogens is 2. The first-order valence-corrected chi connectivity index (χ1v) is 7.09. The number of hydrogen-bond donors (Lipinski definition) is 1. The molecule has 24 heavy (non-hydrogen) atoms. The lowest BCUT2D eigenvalue weighted by molar-refractivity contribution is -0.143. The van der Waals surface area contributed by atoms with E-state index in [9.17, 15) is 22.8 Å². The molecule has 0 amide bonds. The molecule has 0 atom stereocenters. The number of nitrogens with zero attached hydrogens (tertiary/aromatic N) is 3. The number of benzene rings is 1. The van der Waals surface area contributed by atoms with Gasteiger partial charge in [-0.2, -0.15) is 13.2 Å². The normalized spacial score (nSPS) is 11.6. The van der Waals surface area contributed by atoms with E-state index in [1.165, 1.54) is 12.1 Å². The highest BCUT2D eigenvalue weighted by Gasteiger charge is 2.35. The Morgan fingerprint density at radius 3 is 2.00 bits per heavy atom. The molecular weight excluding hydrogens is 372 g/mol.